The molecule has 0 bridgehead atoms. The van der Waals surface area contributed by atoms with Crippen molar-refractivity contribution in [1.82, 2.24) is 9.80 Å². The SMILES string of the molecule is CN(C)[C@@H]1C[C@@H]2CN(C(=O)CCCc3ccccc3)C[C@@H]2C[C@H]1OCC1CC1. The number of ether oxygens (including phenoxy) is 1. The summed E-state index contributed by atoms with van der Waals surface area (Å²) in [7, 11) is 4.36. The standard InChI is InChI=1S/C24H36N2O2/c1-25(2)22-13-20-15-26(16-21(20)14-23(22)28-17-19-11-12-19)24(27)10-6-9-18-7-4-3-5-8-18/h3-5,7-8,19-23H,6,9-17H2,1-2H3/t20-,21+,22-,23-/m1/s1. The fraction of sp³-hybridized carbons (Fsp3) is 0.708. The number of aryl methyl sites for hydroxylation is 1. The molecule has 0 radical (unpaired) electrons. The van der Waals surface area contributed by atoms with Crippen molar-refractivity contribution >= 4 is 5.91 Å². The van der Waals surface area contributed by atoms with E-state index in [4.69, 9.17) is 4.74 Å². The summed E-state index contributed by atoms with van der Waals surface area (Å²) in [6, 6.07) is 11.0. The third-order valence-electron chi connectivity index (χ3n) is 7.04. The smallest absolute Gasteiger partial charge is 0.222 e. The van der Waals surface area contributed by atoms with Crippen LogP contribution in [0.5, 0.6) is 0 Å². The highest BCUT2D eigenvalue weighted by Crippen LogP contribution is 2.40. The zero-order valence-corrected chi connectivity index (χ0v) is 17.6. The maximum absolute atomic E-state index is 12.8. The molecule has 0 unspecified atom stereocenters. The van der Waals surface area contributed by atoms with Crippen molar-refractivity contribution in [2.24, 2.45) is 17.8 Å². The quantitative estimate of drug-likeness (QED) is 0.686. The summed E-state index contributed by atoms with van der Waals surface area (Å²) in [6.07, 6.45) is 7.93. The summed E-state index contributed by atoms with van der Waals surface area (Å²) in [4.78, 5) is 17.3. The first-order valence-electron chi connectivity index (χ1n) is 11.2. The summed E-state index contributed by atoms with van der Waals surface area (Å²) in [5.74, 6) is 2.43. The molecule has 2 saturated carbocycles. The fourth-order valence-corrected chi connectivity index (χ4v) is 5.11. The molecule has 4 heteroatoms. The summed E-state index contributed by atoms with van der Waals surface area (Å²) in [5.41, 5.74) is 1.33. The minimum atomic E-state index is 0.338. The van der Waals surface area contributed by atoms with E-state index in [0.717, 1.165) is 44.9 Å². The largest absolute Gasteiger partial charge is 0.376 e. The number of carbonyl (C=O) groups is 1. The lowest BCUT2D eigenvalue weighted by Gasteiger charge is -2.41. The van der Waals surface area contributed by atoms with Crippen molar-refractivity contribution in [1.29, 1.82) is 0 Å². The van der Waals surface area contributed by atoms with Gasteiger partial charge in [-0.05, 0) is 75.9 Å². The summed E-state index contributed by atoms with van der Waals surface area (Å²) in [5, 5.41) is 0. The normalized spacial score (nSPS) is 29.9. The average Bonchev–Trinajstić information content (AvgIpc) is 3.43. The van der Waals surface area contributed by atoms with E-state index in [-0.39, 0.29) is 0 Å². The first kappa shape index (κ1) is 19.9. The van der Waals surface area contributed by atoms with Gasteiger partial charge in [0.25, 0.3) is 0 Å². The summed E-state index contributed by atoms with van der Waals surface area (Å²) in [6.45, 7) is 2.83. The van der Waals surface area contributed by atoms with Crippen LogP contribution in [0.25, 0.3) is 0 Å². The van der Waals surface area contributed by atoms with E-state index in [9.17, 15) is 4.79 Å². The van der Waals surface area contributed by atoms with Crippen molar-refractivity contribution in [2.75, 3.05) is 33.8 Å². The summed E-state index contributed by atoms with van der Waals surface area (Å²) >= 11 is 0. The maximum atomic E-state index is 12.8. The van der Waals surface area contributed by atoms with E-state index in [1.165, 1.54) is 24.8 Å². The van der Waals surface area contributed by atoms with Crippen molar-refractivity contribution in [3.05, 3.63) is 35.9 Å². The Balaban J connectivity index is 1.27. The van der Waals surface area contributed by atoms with E-state index in [1.807, 2.05) is 6.07 Å². The lowest BCUT2D eigenvalue weighted by Crippen LogP contribution is -2.48. The van der Waals surface area contributed by atoms with Crippen LogP contribution in [0, 0.1) is 17.8 Å². The Labute approximate surface area is 170 Å². The Morgan fingerprint density at radius 2 is 1.82 bits per heavy atom. The molecule has 2 aliphatic carbocycles. The Morgan fingerprint density at radius 1 is 1.11 bits per heavy atom. The molecule has 3 fully saturated rings. The third kappa shape index (κ3) is 4.96. The first-order valence-corrected chi connectivity index (χ1v) is 11.2. The molecule has 4 rings (SSSR count). The van der Waals surface area contributed by atoms with Crippen molar-refractivity contribution in [2.45, 2.75) is 57.1 Å². The number of likely N-dealkylation sites (N-methyl/N-ethyl adjacent to an activating group) is 1. The van der Waals surface area contributed by atoms with Gasteiger partial charge in [-0.1, -0.05) is 30.3 Å². The maximum Gasteiger partial charge on any atom is 0.222 e. The number of benzene rings is 1. The van der Waals surface area contributed by atoms with E-state index in [2.05, 4.69) is 48.2 Å². The lowest BCUT2D eigenvalue weighted by atomic mass is 9.77. The molecule has 1 saturated heterocycles. The second kappa shape index (κ2) is 8.96. The molecule has 154 valence electrons. The van der Waals surface area contributed by atoms with Crippen molar-refractivity contribution in [3.63, 3.8) is 0 Å². The molecule has 1 aliphatic heterocycles. The number of nitrogens with zero attached hydrogens (tertiary/aromatic N) is 2. The summed E-state index contributed by atoms with van der Waals surface area (Å²) < 4.78 is 6.35. The molecule has 0 spiro atoms. The highest BCUT2D eigenvalue weighted by molar-refractivity contribution is 5.76. The zero-order chi connectivity index (χ0) is 19.5. The topological polar surface area (TPSA) is 32.8 Å². The van der Waals surface area contributed by atoms with E-state index < -0.39 is 0 Å². The zero-order valence-electron chi connectivity index (χ0n) is 17.6. The van der Waals surface area contributed by atoms with Crippen molar-refractivity contribution in [3.8, 4) is 0 Å². The van der Waals surface area contributed by atoms with Gasteiger partial charge in [0.15, 0.2) is 0 Å². The minimum absolute atomic E-state index is 0.338. The third-order valence-corrected chi connectivity index (χ3v) is 7.04. The van der Waals surface area contributed by atoms with Crippen LogP contribution in [0.1, 0.15) is 44.1 Å². The second-order valence-corrected chi connectivity index (χ2v) is 9.48. The minimum Gasteiger partial charge on any atom is -0.376 e. The Hall–Kier alpha value is -1.39. The number of carbonyl (C=O) groups excluding carboxylic acids is 1. The van der Waals surface area contributed by atoms with Crippen LogP contribution in [0.3, 0.4) is 0 Å². The average molecular weight is 385 g/mol. The molecule has 4 atom stereocenters. The Bertz CT molecular complexity index is 643. The van der Waals surface area contributed by atoms with Crippen LogP contribution >= 0.6 is 0 Å². The number of hydrogen-bond acceptors (Lipinski definition) is 3. The molecule has 0 aromatic heterocycles. The van der Waals surface area contributed by atoms with Gasteiger partial charge in [-0.2, -0.15) is 0 Å². The monoisotopic (exact) mass is 384 g/mol. The van der Waals surface area contributed by atoms with Gasteiger partial charge >= 0.3 is 0 Å². The van der Waals surface area contributed by atoms with Crippen molar-refractivity contribution < 1.29 is 9.53 Å². The van der Waals surface area contributed by atoms with Gasteiger partial charge in [-0.15, -0.1) is 0 Å². The van der Waals surface area contributed by atoms with Gasteiger partial charge in [0.05, 0.1) is 6.10 Å². The molecule has 1 heterocycles. The molecule has 1 amide bonds. The van der Waals surface area contributed by atoms with Gasteiger partial charge in [-0.3, -0.25) is 4.79 Å². The van der Waals surface area contributed by atoms with Gasteiger partial charge in [0.2, 0.25) is 5.91 Å². The molecular weight excluding hydrogens is 348 g/mol. The van der Waals surface area contributed by atoms with E-state index in [0.29, 0.717) is 36.3 Å². The predicted octanol–water partition coefficient (Wildman–Crippen LogP) is 3.60. The van der Waals surface area contributed by atoms with E-state index in [1.54, 1.807) is 0 Å². The first-order chi connectivity index (χ1) is 13.6. The van der Waals surface area contributed by atoms with Gasteiger partial charge in [0, 0.05) is 32.2 Å². The number of hydrogen-bond donors (Lipinski definition) is 0. The number of rotatable bonds is 8. The van der Waals surface area contributed by atoms with Crippen LogP contribution in [-0.4, -0.2) is 61.6 Å². The van der Waals surface area contributed by atoms with Gasteiger partial charge in [0.1, 0.15) is 0 Å². The molecule has 0 N–H and O–H groups in total. The number of likely N-dealkylation sites (tertiary alicyclic amines) is 1. The van der Waals surface area contributed by atoms with Crippen LogP contribution in [0.4, 0.5) is 0 Å². The van der Waals surface area contributed by atoms with Crippen LogP contribution in [0.15, 0.2) is 30.3 Å². The fourth-order valence-electron chi connectivity index (χ4n) is 5.11. The van der Waals surface area contributed by atoms with Gasteiger partial charge in [-0.25, -0.2) is 0 Å². The highest BCUT2D eigenvalue weighted by atomic mass is 16.5. The molecule has 1 aromatic carbocycles. The van der Waals surface area contributed by atoms with E-state index >= 15 is 0 Å². The lowest BCUT2D eigenvalue weighted by molar-refractivity contribution is -0.130. The number of fused-ring (bicyclic) bond motifs is 1. The molecule has 3 aliphatic rings. The molecule has 1 aromatic rings. The van der Waals surface area contributed by atoms with Crippen LogP contribution in [-0.2, 0) is 16.0 Å². The highest BCUT2D eigenvalue weighted by Gasteiger charge is 2.44. The predicted molar refractivity (Wildman–Crippen MR) is 112 cm³/mol. The number of amides is 1. The second-order valence-electron chi connectivity index (χ2n) is 9.48. The molecular formula is C24H36N2O2. The Kier molecular flexibility index (Phi) is 6.37. The molecule has 28 heavy (non-hydrogen) atoms. The van der Waals surface area contributed by atoms with Gasteiger partial charge < -0.3 is 14.5 Å². The molecule has 4 nitrogen and oxygen atoms in total. The van der Waals surface area contributed by atoms with Crippen LogP contribution in [0.2, 0.25) is 0 Å². The van der Waals surface area contributed by atoms with Crippen LogP contribution < -0.4 is 0 Å². The Morgan fingerprint density at radius 3 is 2.50 bits per heavy atom.